The maximum atomic E-state index is 11.5. The monoisotopic (exact) mass is 259 g/mol. The van der Waals surface area contributed by atoms with Crippen LogP contribution in [-0.4, -0.2) is 33.0 Å². The van der Waals surface area contributed by atoms with Crippen LogP contribution in [-0.2, 0) is 9.84 Å². The Bertz CT molecular complexity index is 319. The van der Waals surface area contributed by atoms with Crippen molar-refractivity contribution < 1.29 is 8.42 Å². The molecule has 0 heterocycles. The van der Waals surface area contributed by atoms with Crippen LogP contribution in [0.3, 0.4) is 0 Å². The minimum absolute atomic E-state index is 0.308. The van der Waals surface area contributed by atoms with Crippen LogP contribution >= 0.6 is 0 Å². The molecule has 2 fully saturated rings. The van der Waals surface area contributed by atoms with Crippen molar-refractivity contribution in [3.05, 3.63) is 0 Å². The van der Waals surface area contributed by atoms with E-state index in [1.54, 1.807) is 0 Å². The molecular formula is C13H25NO2S. The summed E-state index contributed by atoms with van der Waals surface area (Å²) in [5.74, 6) is 3.38. The highest BCUT2D eigenvalue weighted by Gasteiger charge is 2.40. The zero-order valence-electron chi connectivity index (χ0n) is 10.8. The molecule has 0 atom stereocenters. The van der Waals surface area contributed by atoms with Crippen molar-refractivity contribution in [2.45, 2.75) is 39.0 Å². The van der Waals surface area contributed by atoms with Gasteiger partial charge in [0.25, 0.3) is 0 Å². The van der Waals surface area contributed by atoms with Crippen LogP contribution in [0.25, 0.3) is 0 Å². The molecule has 0 spiro atoms. The van der Waals surface area contributed by atoms with Gasteiger partial charge in [-0.2, -0.15) is 0 Å². The summed E-state index contributed by atoms with van der Waals surface area (Å²) in [4.78, 5) is 0. The van der Waals surface area contributed by atoms with Crippen LogP contribution in [0.15, 0.2) is 0 Å². The third-order valence-corrected chi connectivity index (χ3v) is 5.80. The third-order valence-electron chi connectivity index (χ3n) is 3.94. The number of nitrogens with one attached hydrogen (secondary N) is 1. The van der Waals surface area contributed by atoms with Gasteiger partial charge in [0.1, 0.15) is 0 Å². The van der Waals surface area contributed by atoms with Crippen LogP contribution in [0.2, 0.25) is 0 Å². The molecule has 0 aromatic carbocycles. The minimum Gasteiger partial charge on any atom is -0.315 e. The molecule has 17 heavy (non-hydrogen) atoms. The summed E-state index contributed by atoms with van der Waals surface area (Å²) in [6, 6.07) is 0. The summed E-state index contributed by atoms with van der Waals surface area (Å²) < 4.78 is 23.1. The first-order valence-electron chi connectivity index (χ1n) is 7.03. The summed E-state index contributed by atoms with van der Waals surface area (Å²) in [7, 11) is -2.80. The molecule has 0 aromatic rings. The van der Waals surface area contributed by atoms with Gasteiger partial charge in [-0.15, -0.1) is 0 Å². The fourth-order valence-electron chi connectivity index (χ4n) is 2.68. The van der Waals surface area contributed by atoms with Gasteiger partial charge in [0.05, 0.1) is 5.75 Å². The smallest absolute Gasteiger partial charge is 0.151 e. The Morgan fingerprint density at radius 3 is 2.18 bits per heavy atom. The Morgan fingerprint density at radius 2 is 1.71 bits per heavy atom. The van der Waals surface area contributed by atoms with E-state index in [9.17, 15) is 8.42 Å². The molecule has 0 amide bonds. The Kier molecular flexibility index (Phi) is 4.47. The molecule has 3 nitrogen and oxygen atoms in total. The average Bonchev–Trinajstić information content (AvgIpc) is 3.12. The van der Waals surface area contributed by atoms with E-state index in [0.29, 0.717) is 18.1 Å². The van der Waals surface area contributed by atoms with Gasteiger partial charge in [-0.05, 0) is 56.4 Å². The van der Waals surface area contributed by atoms with Crippen LogP contribution in [0.1, 0.15) is 39.0 Å². The first-order chi connectivity index (χ1) is 8.12. The Morgan fingerprint density at radius 1 is 1.12 bits per heavy atom. The summed E-state index contributed by atoms with van der Waals surface area (Å²) in [5, 5.41) is 3.36. The van der Waals surface area contributed by atoms with E-state index in [-0.39, 0.29) is 0 Å². The molecule has 0 bridgehead atoms. The van der Waals surface area contributed by atoms with Gasteiger partial charge in [-0.3, -0.25) is 0 Å². The van der Waals surface area contributed by atoms with Crippen LogP contribution < -0.4 is 5.32 Å². The van der Waals surface area contributed by atoms with Crippen molar-refractivity contribution >= 4 is 9.84 Å². The molecule has 2 aliphatic rings. The lowest BCUT2D eigenvalue weighted by molar-refractivity contribution is 0.383. The molecule has 4 heteroatoms. The molecule has 2 saturated carbocycles. The molecule has 0 aliphatic heterocycles. The Labute approximate surface area is 105 Å². The fraction of sp³-hybridized carbons (Fsp3) is 1.00. The SMILES string of the molecule is CCCS(=O)(=O)CCNCC(C1CC1)C1CC1. The maximum absolute atomic E-state index is 11.5. The van der Waals surface area contributed by atoms with Crippen LogP contribution in [0, 0.1) is 17.8 Å². The van der Waals surface area contributed by atoms with Gasteiger partial charge in [-0.25, -0.2) is 8.42 Å². The van der Waals surface area contributed by atoms with Crippen LogP contribution in [0.4, 0.5) is 0 Å². The van der Waals surface area contributed by atoms with Gasteiger partial charge < -0.3 is 5.32 Å². The van der Waals surface area contributed by atoms with E-state index >= 15 is 0 Å². The Balaban J connectivity index is 1.61. The molecule has 2 aliphatic carbocycles. The average molecular weight is 259 g/mol. The second-order valence-corrected chi connectivity index (χ2v) is 8.00. The zero-order valence-corrected chi connectivity index (χ0v) is 11.6. The molecular weight excluding hydrogens is 234 g/mol. The maximum Gasteiger partial charge on any atom is 0.151 e. The molecule has 2 rings (SSSR count). The van der Waals surface area contributed by atoms with Crippen molar-refractivity contribution in [2.24, 2.45) is 17.8 Å². The normalized spacial score (nSPS) is 21.1. The highest BCUT2D eigenvalue weighted by atomic mass is 32.2. The third kappa shape index (κ3) is 4.59. The van der Waals surface area contributed by atoms with Gasteiger partial charge in [0, 0.05) is 12.3 Å². The zero-order chi connectivity index (χ0) is 12.3. The van der Waals surface area contributed by atoms with Crippen molar-refractivity contribution in [2.75, 3.05) is 24.6 Å². The summed E-state index contributed by atoms with van der Waals surface area (Å²) >= 11 is 0. The lowest BCUT2D eigenvalue weighted by Crippen LogP contribution is -2.30. The van der Waals surface area contributed by atoms with E-state index in [0.717, 1.165) is 30.7 Å². The van der Waals surface area contributed by atoms with E-state index in [2.05, 4.69) is 5.32 Å². The van der Waals surface area contributed by atoms with Gasteiger partial charge >= 0.3 is 0 Å². The quantitative estimate of drug-likeness (QED) is 0.643. The second kappa shape index (κ2) is 5.70. The number of rotatable bonds is 9. The molecule has 1 N–H and O–H groups in total. The lowest BCUT2D eigenvalue weighted by atomic mass is 9.98. The molecule has 100 valence electrons. The van der Waals surface area contributed by atoms with E-state index in [1.807, 2.05) is 6.92 Å². The van der Waals surface area contributed by atoms with Crippen molar-refractivity contribution in [3.63, 3.8) is 0 Å². The van der Waals surface area contributed by atoms with Gasteiger partial charge in [0.15, 0.2) is 9.84 Å². The summed E-state index contributed by atoms with van der Waals surface area (Å²) in [6.45, 7) is 3.59. The fourth-order valence-corrected chi connectivity index (χ4v) is 3.96. The van der Waals surface area contributed by atoms with Crippen LogP contribution in [0.5, 0.6) is 0 Å². The molecule has 0 unspecified atom stereocenters. The molecule has 0 radical (unpaired) electrons. The first-order valence-corrected chi connectivity index (χ1v) is 8.85. The van der Waals surface area contributed by atoms with Gasteiger partial charge in [-0.1, -0.05) is 6.92 Å². The highest BCUT2D eigenvalue weighted by Crippen LogP contribution is 2.48. The molecule has 0 aromatic heterocycles. The second-order valence-electron chi connectivity index (χ2n) is 5.69. The number of hydrogen-bond donors (Lipinski definition) is 1. The standard InChI is InChI=1S/C13H25NO2S/c1-2-8-17(15,16)9-7-14-10-13(11-3-4-11)12-5-6-12/h11-14H,2-10H2,1H3. The lowest BCUT2D eigenvalue weighted by Gasteiger charge is -2.16. The van der Waals surface area contributed by atoms with E-state index < -0.39 is 9.84 Å². The highest BCUT2D eigenvalue weighted by molar-refractivity contribution is 7.91. The van der Waals surface area contributed by atoms with Gasteiger partial charge in [0.2, 0.25) is 0 Å². The number of hydrogen-bond acceptors (Lipinski definition) is 3. The predicted molar refractivity (Wildman–Crippen MR) is 70.8 cm³/mol. The van der Waals surface area contributed by atoms with Crippen molar-refractivity contribution in [1.29, 1.82) is 0 Å². The van der Waals surface area contributed by atoms with E-state index in [1.165, 1.54) is 25.7 Å². The summed E-state index contributed by atoms with van der Waals surface area (Å²) in [6.07, 6.45) is 6.33. The topological polar surface area (TPSA) is 46.2 Å². The molecule has 0 saturated heterocycles. The summed E-state index contributed by atoms with van der Waals surface area (Å²) in [5.41, 5.74) is 0. The largest absolute Gasteiger partial charge is 0.315 e. The minimum atomic E-state index is -2.80. The predicted octanol–water partition coefficient (Wildman–Crippen LogP) is 1.84. The Hall–Kier alpha value is -0.0900. The number of sulfone groups is 1. The van der Waals surface area contributed by atoms with E-state index in [4.69, 9.17) is 0 Å². The van der Waals surface area contributed by atoms with Crippen molar-refractivity contribution in [3.8, 4) is 0 Å². The van der Waals surface area contributed by atoms with Crippen molar-refractivity contribution in [1.82, 2.24) is 5.32 Å². The first kappa shape index (κ1) is 13.3.